The molecule has 0 bridgehead atoms. The van der Waals surface area contributed by atoms with Gasteiger partial charge in [-0.15, -0.1) is 0 Å². The molecule has 116 valence electrons. The van der Waals surface area contributed by atoms with Crippen LogP contribution in [0.25, 0.3) is 0 Å². The normalized spacial score (nSPS) is 11.8. The van der Waals surface area contributed by atoms with Crippen molar-refractivity contribution in [3.8, 4) is 0 Å². The number of hydrogen-bond donors (Lipinski definition) is 3. The number of rotatable bonds is 4. The van der Waals surface area contributed by atoms with Crippen molar-refractivity contribution in [2.24, 2.45) is 0 Å². The van der Waals surface area contributed by atoms with Gasteiger partial charge in [-0.05, 0) is 30.7 Å². The van der Waals surface area contributed by atoms with E-state index in [9.17, 15) is 14.3 Å². The molecule has 0 aromatic heterocycles. The van der Waals surface area contributed by atoms with Gasteiger partial charge in [0, 0.05) is 22.3 Å². The van der Waals surface area contributed by atoms with E-state index in [0.29, 0.717) is 5.69 Å². The highest BCUT2D eigenvalue weighted by Gasteiger charge is 2.13. The number of urea groups is 1. The molecule has 0 saturated heterocycles. The Morgan fingerprint density at radius 2 is 2.05 bits per heavy atom. The molecule has 0 radical (unpaired) electrons. The maximum absolute atomic E-state index is 13.5. The van der Waals surface area contributed by atoms with Crippen LogP contribution in [-0.2, 0) is 0 Å². The number of aliphatic hydroxyl groups excluding tert-OH is 1. The van der Waals surface area contributed by atoms with Crippen molar-refractivity contribution in [3.63, 3.8) is 0 Å². The highest BCUT2D eigenvalue weighted by atomic mass is 79.9. The summed E-state index contributed by atoms with van der Waals surface area (Å²) in [5.74, 6) is -0.500. The lowest BCUT2D eigenvalue weighted by Gasteiger charge is -2.14. The van der Waals surface area contributed by atoms with E-state index in [4.69, 9.17) is 0 Å². The number of halogens is 2. The van der Waals surface area contributed by atoms with Crippen molar-refractivity contribution in [2.45, 2.75) is 13.0 Å². The molecule has 2 rings (SSSR count). The maximum atomic E-state index is 13.5. The highest BCUT2D eigenvalue weighted by molar-refractivity contribution is 9.10. The van der Waals surface area contributed by atoms with Crippen molar-refractivity contribution < 1.29 is 14.3 Å². The third-order valence-corrected chi connectivity index (χ3v) is 3.66. The van der Waals surface area contributed by atoms with E-state index < -0.39 is 18.0 Å². The zero-order valence-corrected chi connectivity index (χ0v) is 13.5. The lowest BCUT2D eigenvalue weighted by molar-refractivity contribution is 0.170. The molecule has 2 aromatic carbocycles. The molecular formula is C16H16BrFN2O2. The monoisotopic (exact) mass is 366 g/mol. The van der Waals surface area contributed by atoms with E-state index in [-0.39, 0.29) is 12.1 Å². The molecule has 0 saturated carbocycles. The van der Waals surface area contributed by atoms with Crippen LogP contribution in [0.5, 0.6) is 0 Å². The molecular weight excluding hydrogens is 351 g/mol. The summed E-state index contributed by atoms with van der Waals surface area (Å²) in [6, 6.07) is 11.0. The van der Waals surface area contributed by atoms with Crippen molar-refractivity contribution in [2.75, 3.05) is 11.9 Å². The predicted octanol–water partition coefficient (Wildman–Crippen LogP) is 3.75. The minimum absolute atomic E-state index is 0.0835. The first-order valence-electron chi connectivity index (χ1n) is 6.71. The van der Waals surface area contributed by atoms with E-state index in [1.54, 1.807) is 18.2 Å². The number of hydrogen-bond acceptors (Lipinski definition) is 2. The average molecular weight is 367 g/mol. The van der Waals surface area contributed by atoms with Gasteiger partial charge in [-0.1, -0.05) is 40.2 Å². The molecule has 1 unspecified atom stereocenters. The lowest BCUT2D eigenvalue weighted by atomic mass is 10.1. The lowest BCUT2D eigenvalue weighted by Crippen LogP contribution is -2.32. The summed E-state index contributed by atoms with van der Waals surface area (Å²) >= 11 is 3.33. The first kappa shape index (κ1) is 16.5. The summed E-state index contributed by atoms with van der Waals surface area (Å²) < 4.78 is 14.4. The zero-order chi connectivity index (χ0) is 16.1. The SMILES string of the molecule is Cc1ccc(Br)cc1NC(=O)NCC(O)c1ccccc1F. The largest absolute Gasteiger partial charge is 0.386 e. The third-order valence-electron chi connectivity index (χ3n) is 3.17. The van der Waals surface area contributed by atoms with Crippen molar-refractivity contribution in [1.82, 2.24) is 5.32 Å². The fraction of sp³-hybridized carbons (Fsp3) is 0.188. The van der Waals surface area contributed by atoms with Gasteiger partial charge >= 0.3 is 6.03 Å². The molecule has 1 atom stereocenters. The molecule has 0 aliphatic carbocycles. The summed E-state index contributed by atoms with van der Waals surface area (Å²) in [5, 5.41) is 15.1. The number of amides is 2. The summed E-state index contributed by atoms with van der Waals surface area (Å²) in [6.07, 6.45) is -1.10. The first-order valence-corrected chi connectivity index (χ1v) is 7.50. The Morgan fingerprint density at radius 1 is 1.32 bits per heavy atom. The summed E-state index contributed by atoms with van der Waals surface area (Å²) in [4.78, 5) is 11.9. The van der Waals surface area contributed by atoms with Gasteiger partial charge < -0.3 is 15.7 Å². The Balaban J connectivity index is 1.93. The molecule has 0 fully saturated rings. The maximum Gasteiger partial charge on any atom is 0.319 e. The molecule has 0 aliphatic heterocycles. The Kier molecular flexibility index (Phi) is 5.51. The number of nitrogens with one attached hydrogen (secondary N) is 2. The van der Waals surface area contributed by atoms with Crippen molar-refractivity contribution >= 4 is 27.6 Å². The number of aliphatic hydroxyl groups is 1. The van der Waals surface area contributed by atoms with Crippen LogP contribution in [0.15, 0.2) is 46.9 Å². The van der Waals surface area contributed by atoms with E-state index in [1.807, 2.05) is 19.1 Å². The first-order chi connectivity index (χ1) is 10.5. The molecule has 22 heavy (non-hydrogen) atoms. The Bertz CT molecular complexity index is 679. The van der Waals surface area contributed by atoms with Crippen molar-refractivity contribution in [1.29, 1.82) is 0 Å². The molecule has 2 amide bonds. The van der Waals surface area contributed by atoms with Crippen LogP contribution >= 0.6 is 15.9 Å². The summed E-state index contributed by atoms with van der Waals surface area (Å²) in [6.45, 7) is 1.79. The number of benzene rings is 2. The molecule has 0 spiro atoms. The highest BCUT2D eigenvalue weighted by Crippen LogP contribution is 2.20. The standard InChI is InChI=1S/C16H16BrFN2O2/c1-10-6-7-11(17)8-14(10)20-16(22)19-9-15(21)12-4-2-3-5-13(12)18/h2-8,15,21H,9H2,1H3,(H2,19,20,22). The van der Waals surface area contributed by atoms with Gasteiger partial charge in [-0.3, -0.25) is 0 Å². The summed E-state index contributed by atoms with van der Waals surface area (Å²) in [7, 11) is 0. The van der Waals surface area contributed by atoms with Gasteiger partial charge in [-0.25, -0.2) is 9.18 Å². The minimum atomic E-state index is -1.10. The van der Waals surface area contributed by atoms with Gasteiger partial charge in [-0.2, -0.15) is 0 Å². The van der Waals surface area contributed by atoms with Crippen LogP contribution in [0.3, 0.4) is 0 Å². The van der Waals surface area contributed by atoms with E-state index in [2.05, 4.69) is 26.6 Å². The van der Waals surface area contributed by atoms with Gasteiger partial charge in [0.2, 0.25) is 0 Å². The van der Waals surface area contributed by atoms with Gasteiger partial charge in [0.25, 0.3) is 0 Å². The van der Waals surface area contributed by atoms with Crippen LogP contribution in [0.1, 0.15) is 17.2 Å². The number of anilines is 1. The van der Waals surface area contributed by atoms with Crippen LogP contribution < -0.4 is 10.6 Å². The molecule has 2 aromatic rings. The second-order valence-electron chi connectivity index (χ2n) is 4.83. The van der Waals surface area contributed by atoms with Crippen LogP contribution in [0.2, 0.25) is 0 Å². The van der Waals surface area contributed by atoms with Gasteiger partial charge in [0.15, 0.2) is 0 Å². The molecule has 3 N–H and O–H groups in total. The molecule has 6 heteroatoms. The summed E-state index contributed by atoms with van der Waals surface area (Å²) in [5.41, 5.74) is 1.72. The Hall–Kier alpha value is -1.92. The van der Waals surface area contributed by atoms with E-state index in [0.717, 1.165) is 10.0 Å². The topological polar surface area (TPSA) is 61.4 Å². The third kappa shape index (κ3) is 4.29. The predicted molar refractivity (Wildman–Crippen MR) is 87.3 cm³/mol. The Labute approximate surface area is 136 Å². The second kappa shape index (κ2) is 7.38. The fourth-order valence-electron chi connectivity index (χ4n) is 1.94. The second-order valence-corrected chi connectivity index (χ2v) is 5.75. The van der Waals surface area contributed by atoms with Crippen molar-refractivity contribution in [3.05, 3.63) is 63.9 Å². The number of carbonyl (C=O) groups is 1. The quantitative estimate of drug-likeness (QED) is 0.771. The van der Waals surface area contributed by atoms with Crippen LogP contribution in [0, 0.1) is 12.7 Å². The zero-order valence-electron chi connectivity index (χ0n) is 11.9. The Morgan fingerprint density at radius 3 is 2.77 bits per heavy atom. The average Bonchev–Trinajstić information content (AvgIpc) is 2.49. The minimum Gasteiger partial charge on any atom is -0.386 e. The molecule has 0 aliphatic rings. The molecule has 4 nitrogen and oxygen atoms in total. The fourth-order valence-corrected chi connectivity index (χ4v) is 2.30. The smallest absolute Gasteiger partial charge is 0.319 e. The number of carbonyl (C=O) groups excluding carboxylic acids is 1. The van der Waals surface area contributed by atoms with Crippen LogP contribution in [0.4, 0.5) is 14.9 Å². The molecule has 0 heterocycles. The van der Waals surface area contributed by atoms with Crippen LogP contribution in [-0.4, -0.2) is 17.7 Å². The van der Waals surface area contributed by atoms with E-state index in [1.165, 1.54) is 12.1 Å². The van der Waals surface area contributed by atoms with Gasteiger partial charge in [0.05, 0.1) is 6.10 Å². The van der Waals surface area contributed by atoms with E-state index >= 15 is 0 Å². The number of aryl methyl sites for hydroxylation is 1. The van der Waals surface area contributed by atoms with Gasteiger partial charge in [0.1, 0.15) is 5.82 Å².